The molecule has 0 aliphatic heterocycles. The summed E-state index contributed by atoms with van der Waals surface area (Å²) in [6, 6.07) is 0. The largest absolute Gasteiger partial charge is 0.459 e. The molecule has 0 amide bonds. The van der Waals surface area contributed by atoms with E-state index < -0.39 is 182 Å². The number of rotatable bonds is 39. The maximum Gasteiger partial charge on any atom is 0.376 e. The molecule has 23 heteroatoms. The molecule has 18 nitrogen and oxygen atoms in total. The summed E-state index contributed by atoms with van der Waals surface area (Å²) < 4.78 is 113. The van der Waals surface area contributed by atoms with Gasteiger partial charge in [0, 0.05) is 13.8 Å². The van der Waals surface area contributed by atoms with Crippen molar-refractivity contribution >= 4 is 53.7 Å². The third-order valence-electron chi connectivity index (χ3n) is 25.6. The van der Waals surface area contributed by atoms with Gasteiger partial charge < -0.3 is 42.6 Å². The lowest BCUT2D eigenvalue weighted by molar-refractivity contribution is -0.194. The van der Waals surface area contributed by atoms with Crippen LogP contribution >= 0.6 is 0 Å². The summed E-state index contributed by atoms with van der Waals surface area (Å²) in [5, 5.41) is 0. The Labute approximate surface area is 617 Å². The molecule has 6 aliphatic carbocycles. The molecule has 6 saturated carbocycles. The highest BCUT2D eigenvalue weighted by Crippen LogP contribution is 2.58. The molecule has 0 radical (unpaired) electrons. The van der Waals surface area contributed by atoms with Crippen molar-refractivity contribution in [3.63, 3.8) is 0 Å². The maximum atomic E-state index is 16.7. The van der Waals surface area contributed by atoms with Crippen molar-refractivity contribution in [2.24, 2.45) is 37.9 Å². The van der Waals surface area contributed by atoms with E-state index in [1.807, 2.05) is 41.5 Å². The molecule has 0 saturated heterocycles. The van der Waals surface area contributed by atoms with Gasteiger partial charge in [0.2, 0.25) is 0 Å². The average molecular weight is 1490 g/mol. The van der Waals surface area contributed by atoms with E-state index in [1.165, 1.54) is 6.92 Å². The highest BCUT2D eigenvalue weighted by Gasteiger charge is 2.62. The monoisotopic (exact) mass is 1490 g/mol. The second kappa shape index (κ2) is 34.6. The Morgan fingerprint density at radius 2 is 0.481 bits per heavy atom. The van der Waals surface area contributed by atoms with E-state index in [4.69, 9.17) is 42.6 Å². The van der Waals surface area contributed by atoms with Crippen molar-refractivity contribution < 1.29 is 108 Å². The second-order valence-electron chi connectivity index (χ2n) is 35.5. The summed E-state index contributed by atoms with van der Waals surface area (Å²) in [5.74, 6) is -17.5. The summed E-state index contributed by atoms with van der Waals surface area (Å²) in [5.41, 5.74) is -18.1. The fourth-order valence-electron chi connectivity index (χ4n) is 18.9. The van der Waals surface area contributed by atoms with Gasteiger partial charge in [-0.3, -0.25) is 38.3 Å². The lowest BCUT2D eigenvalue weighted by atomic mass is 9.57. The molecular weight excluding hydrogens is 1360 g/mol. The van der Waals surface area contributed by atoms with Gasteiger partial charge in [-0.05, 0) is 293 Å². The highest BCUT2D eigenvalue weighted by atomic mass is 19.3. The van der Waals surface area contributed by atoms with Crippen molar-refractivity contribution in [2.45, 2.75) is 407 Å². The van der Waals surface area contributed by atoms with Crippen LogP contribution in [0.5, 0.6) is 0 Å². The Kier molecular flexibility index (Phi) is 29.8. The molecule has 0 bridgehead atoms. The van der Waals surface area contributed by atoms with Crippen LogP contribution in [-0.2, 0) is 85.8 Å². The van der Waals surface area contributed by atoms with Gasteiger partial charge in [-0.1, -0.05) is 48.5 Å². The third-order valence-corrected chi connectivity index (χ3v) is 25.6. The summed E-state index contributed by atoms with van der Waals surface area (Å²) in [6.45, 7) is 24.7. The van der Waals surface area contributed by atoms with Crippen LogP contribution in [0.3, 0.4) is 0 Å². The predicted molar refractivity (Wildman–Crippen MR) is 381 cm³/mol. The van der Waals surface area contributed by atoms with E-state index in [-0.39, 0.29) is 37.8 Å². The zero-order valence-corrected chi connectivity index (χ0v) is 66.4. The van der Waals surface area contributed by atoms with E-state index in [9.17, 15) is 27.2 Å². The van der Waals surface area contributed by atoms with Crippen LogP contribution in [0, 0.1) is 37.9 Å². The smallest absolute Gasteiger partial charge is 0.376 e. The van der Waals surface area contributed by atoms with Gasteiger partial charge in [0.25, 0.3) is 0 Å². The van der Waals surface area contributed by atoms with Gasteiger partial charge in [-0.15, -0.1) is 0 Å². The molecule has 6 atom stereocenters. The van der Waals surface area contributed by atoms with Crippen LogP contribution < -0.4 is 0 Å². The summed E-state index contributed by atoms with van der Waals surface area (Å²) in [7, 11) is 0. The molecule has 0 aromatic carbocycles. The third kappa shape index (κ3) is 21.4. The van der Waals surface area contributed by atoms with Crippen molar-refractivity contribution in [1.82, 2.24) is 0 Å². The molecule has 6 rings (SSSR count). The Balaban J connectivity index is 0.0000194. The molecule has 0 spiro atoms. The average Bonchev–Trinajstić information content (AvgIpc) is 0.871. The minimum absolute atomic E-state index is 0. The second-order valence-corrected chi connectivity index (χ2v) is 35.5. The number of alkyl halides is 4. The Bertz CT molecular complexity index is 2930. The van der Waals surface area contributed by atoms with Crippen LogP contribution in [0.4, 0.5) is 22.3 Å². The molecular formula is C81H131F5O18. The topological polar surface area (TPSA) is 237 Å². The summed E-state index contributed by atoms with van der Waals surface area (Å²) in [4.78, 5) is 137. The van der Waals surface area contributed by atoms with Crippen LogP contribution in [0.15, 0.2) is 0 Å². The molecule has 0 aromatic rings. The highest BCUT2D eigenvalue weighted by molar-refractivity contribution is 5.87. The first kappa shape index (κ1) is 89.5. The number of carbonyl (C=O) groups excluding carboxylic acids is 9. The van der Waals surface area contributed by atoms with Crippen molar-refractivity contribution in [3.8, 4) is 0 Å². The first-order valence-electron chi connectivity index (χ1n) is 39.4. The molecule has 0 aromatic heterocycles. The predicted octanol–water partition coefficient (Wildman–Crippen LogP) is 18.9. The van der Waals surface area contributed by atoms with Gasteiger partial charge in [0.05, 0.1) is 37.9 Å². The first-order valence-corrected chi connectivity index (χ1v) is 39.4. The summed E-state index contributed by atoms with van der Waals surface area (Å²) in [6.07, 6.45) is 14.5. The molecule has 598 valence electrons. The minimum atomic E-state index is -4.04. The SMILES string of the molecule is CCC1(OC(=O)C(C)(C)CC(C)(CC(C)(CC(C)(CC(C)(CC(C)(CC(C)(CC)C(=O)OC(COC(=O)C(C)(F)F)COC(=O)C(C)(F)F)C(=O)OC2(CC)CCCC2)C(=O)OC2(CC)CCCC2)C(=O)OC2(CC)CCCC2)C(=O)OC2(CC)CCCC2)C(=O)OC2(CC)CCCC2)CCCC1.F. The lowest BCUT2D eigenvalue weighted by Gasteiger charge is -2.48. The number of carbonyl (C=O) groups is 9. The standard InChI is InChI=1S/C81H130F4O18.FH/c1-18-68(10,59(87)97-57(49-95-65(93)74(16,82)83)50-96-66(94)75(17,84)85)52-70(12,61(89)100-78(21-4)41-29-30-42-78)54-72(14,63(91)102-80(23-6)45-33-34-46-80)56-73(15,64(92)103-81(24-7)47-35-36-48-81)55-71(13,62(90)101-79(22-5)43-31-32-44-79)53-69(11,60(88)99-77(20-3)39-27-28-40-77)51-67(8,9)58(86)98-76(19-2)37-25-26-38-76;/h57H,18-56H2,1-17H3;1H. The molecule has 6 aliphatic rings. The van der Waals surface area contributed by atoms with Gasteiger partial charge in [-0.2, -0.15) is 17.6 Å². The van der Waals surface area contributed by atoms with Crippen molar-refractivity contribution in [3.05, 3.63) is 0 Å². The van der Waals surface area contributed by atoms with Crippen LogP contribution in [0.2, 0.25) is 0 Å². The van der Waals surface area contributed by atoms with Crippen molar-refractivity contribution in [1.29, 1.82) is 0 Å². The quantitative estimate of drug-likeness (QED) is 0.0316. The minimum Gasteiger partial charge on any atom is -0.459 e. The number of hydrogen-bond donors (Lipinski definition) is 0. The van der Waals surface area contributed by atoms with E-state index in [0.29, 0.717) is 116 Å². The molecule has 0 N–H and O–H groups in total. The lowest BCUT2D eigenvalue weighted by Crippen LogP contribution is -2.53. The zero-order chi connectivity index (χ0) is 77.2. The van der Waals surface area contributed by atoms with Gasteiger partial charge >= 0.3 is 65.6 Å². The fraction of sp³-hybridized carbons (Fsp3) is 0.889. The Morgan fingerprint density at radius 1 is 0.288 bits per heavy atom. The molecule has 6 unspecified atom stereocenters. The van der Waals surface area contributed by atoms with E-state index in [1.54, 1.807) is 55.4 Å². The first-order chi connectivity index (χ1) is 47.7. The number of hydrogen-bond acceptors (Lipinski definition) is 18. The fourth-order valence-corrected chi connectivity index (χ4v) is 18.9. The van der Waals surface area contributed by atoms with E-state index in [0.717, 1.165) is 77.0 Å². The maximum absolute atomic E-state index is 16.7. The number of halogens is 5. The van der Waals surface area contributed by atoms with Crippen LogP contribution in [-0.4, -0.2) is 118 Å². The van der Waals surface area contributed by atoms with E-state index >= 15 is 33.6 Å². The molecule has 6 fully saturated rings. The van der Waals surface area contributed by atoms with Crippen LogP contribution in [0.1, 0.15) is 355 Å². The summed E-state index contributed by atoms with van der Waals surface area (Å²) >= 11 is 0. The Morgan fingerprint density at radius 3 is 0.673 bits per heavy atom. The van der Waals surface area contributed by atoms with Gasteiger partial charge in [0.1, 0.15) is 46.8 Å². The molecule has 104 heavy (non-hydrogen) atoms. The molecule has 0 heterocycles. The number of esters is 9. The van der Waals surface area contributed by atoms with Crippen molar-refractivity contribution in [2.75, 3.05) is 13.2 Å². The number of ether oxygens (including phenoxy) is 9. The van der Waals surface area contributed by atoms with E-state index in [2.05, 4.69) is 0 Å². The van der Waals surface area contributed by atoms with Gasteiger partial charge in [0.15, 0.2) is 6.10 Å². The normalized spacial score (nSPS) is 23.0. The Hall–Kier alpha value is -5.12. The zero-order valence-electron chi connectivity index (χ0n) is 66.4. The van der Waals surface area contributed by atoms with Crippen LogP contribution in [0.25, 0.3) is 0 Å². The van der Waals surface area contributed by atoms with Gasteiger partial charge in [-0.25, -0.2) is 9.59 Å².